The fourth-order valence-electron chi connectivity index (χ4n) is 4.20. The van der Waals surface area contributed by atoms with Crippen molar-refractivity contribution in [2.75, 3.05) is 41.7 Å². The molecule has 1 saturated heterocycles. The summed E-state index contributed by atoms with van der Waals surface area (Å²) in [6, 6.07) is 25.3. The second kappa shape index (κ2) is 11.5. The van der Waals surface area contributed by atoms with Crippen LogP contribution in [0.4, 0.5) is 22.1 Å². The van der Waals surface area contributed by atoms with E-state index >= 15 is 0 Å². The van der Waals surface area contributed by atoms with E-state index in [1.807, 2.05) is 24.3 Å². The molecule has 4 aromatic rings. The van der Waals surface area contributed by atoms with Crippen molar-refractivity contribution in [3.05, 3.63) is 101 Å². The van der Waals surface area contributed by atoms with Gasteiger partial charge in [0.25, 0.3) is 0 Å². The van der Waals surface area contributed by atoms with Gasteiger partial charge in [-0.15, -0.1) is 0 Å². The molecule has 0 atom stereocenters. The van der Waals surface area contributed by atoms with Gasteiger partial charge in [0.15, 0.2) is 0 Å². The quantitative estimate of drug-likeness (QED) is 0.300. The Hall–Kier alpha value is -3.81. The molecule has 0 unspecified atom stereocenters. The van der Waals surface area contributed by atoms with Crippen molar-refractivity contribution in [1.29, 1.82) is 0 Å². The molecular formula is C28H26Cl2N6O. The van der Waals surface area contributed by atoms with E-state index in [-0.39, 0.29) is 6.03 Å². The standard InChI is InChI=1S/C28H26Cl2N6O/c29-23-7-4-8-24(30)26(23)34-28(37)36-17-15-35(16-18-36)22-11-9-21(10-12-22)25-13-14-31-27(33-25)32-19-20-5-2-1-3-6-20/h1-14H,15-19H2,(H,34,37)(H,31,32,33). The number of amides is 2. The van der Waals surface area contributed by atoms with Crippen molar-refractivity contribution in [3.8, 4) is 11.3 Å². The maximum Gasteiger partial charge on any atom is 0.322 e. The molecule has 2 heterocycles. The van der Waals surface area contributed by atoms with Gasteiger partial charge in [-0.05, 0) is 35.9 Å². The molecule has 37 heavy (non-hydrogen) atoms. The fourth-order valence-corrected chi connectivity index (χ4v) is 4.69. The maximum absolute atomic E-state index is 12.7. The Morgan fingerprint density at radius 2 is 1.54 bits per heavy atom. The first-order valence-electron chi connectivity index (χ1n) is 12.0. The molecule has 0 spiro atoms. The Morgan fingerprint density at radius 3 is 2.24 bits per heavy atom. The summed E-state index contributed by atoms with van der Waals surface area (Å²) in [6.07, 6.45) is 1.77. The third-order valence-electron chi connectivity index (χ3n) is 6.24. The van der Waals surface area contributed by atoms with Gasteiger partial charge in [0.1, 0.15) is 0 Å². The molecule has 1 aliphatic heterocycles. The summed E-state index contributed by atoms with van der Waals surface area (Å²) in [4.78, 5) is 25.8. The van der Waals surface area contributed by atoms with E-state index in [9.17, 15) is 4.79 Å². The summed E-state index contributed by atoms with van der Waals surface area (Å²) in [5.41, 5.74) is 4.60. The summed E-state index contributed by atoms with van der Waals surface area (Å²) in [5.74, 6) is 0.595. The average Bonchev–Trinajstić information content (AvgIpc) is 2.95. The van der Waals surface area contributed by atoms with Gasteiger partial charge in [-0.25, -0.2) is 14.8 Å². The minimum atomic E-state index is -0.203. The summed E-state index contributed by atoms with van der Waals surface area (Å²) < 4.78 is 0. The van der Waals surface area contributed by atoms with E-state index in [2.05, 4.69) is 61.9 Å². The van der Waals surface area contributed by atoms with E-state index < -0.39 is 0 Å². The van der Waals surface area contributed by atoms with E-state index in [0.717, 1.165) is 30.0 Å². The monoisotopic (exact) mass is 532 g/mol. The van der Waals surface area contributed by atoms with Gasteiger partial charge in [0.05, 0.1) is 21.4 Å². The molecule has 5 rings (SSSR count). The van der Waals surface area contributed by atoms with Crippen LogP contribution in [0.15, 0.2) is 85.1 Å². The first-order chi connectivity index (χ1) is 18.1. The van der Waals surface area contributed by atoms with Gasteiger partial charge in [-0.3, -0.25) is 0 Å². The number of carbonyl (C=O) groups excluding carboxylic acids is 1. The van der Waals surface area contributed by atoms with Crippen LogP contribution in [-0.4, -0.2) is 47.1 Å². The van der Waals surface area contributed by atoms with Crippen molar-refractivity contribution in [2.24, 2.45) is 0 Å². The average molecular weight is 533 g/mol. The first-order valence-corrected chi connectivity index (χ1v) is 12.8. The number of aromatic nitrogens is 2. The van der Waals surface area contributed by atoms with Gasteiger partial charge in [-0.2, -0.15) is 0 Å². The number of rotatable bonds is 6. The number of hydrogen-bond acceptors (Lipinski definition) is 5. The van der Waals surface area contributed by atoms with Crippen LogP contribution in [0.25, 0.3) is 11.3 Å². The van der Waals surface area contributed by atoms with Crippen molar-refractivity contribution in [1.82, 2.24) is 14.9 Å². The lowest BCUT2D eigenvalue weighted by atomic mass is 10.1. The van der Waals surface area contributed by atoms with E-state index in [0.29, 0.717) is 41.3 Å². The lowest BCUT2D eigenvalue weighted by Gasteiger charge is -2.36. The molecule has 7 nitrogen and oxygen atoms in total. The van der Waals surface area contributed by atoms with Crippen LogP contribution in [0.3, 0.4) is 0 Å². The predicted molar refractivity (Wildman–Crippen MR) is 151 cm³/mol. The number of nitrogens with one attached hydrogen (secondary N) is 2. The minimum Gasteiger partial charge on any atom is -0.368 e. The molecule has 0 bridgehead atoms. The fraction of sp³-hybridized carbons (Fsp3) is 0.179. The first kappa shape index (κ1) is 24.9. The molecule has 1 fully saturated rings. The van der Waals surface area contributed by atoms with Crippen LogP contribution in [0.2, 0.25) is 10.0 Å². The summed E-state index contributed by atoms with van der Waals surface area (Å²) in [5, 5.41) is 6.96. The van der Waals surface area contributed by atoms with Crippen LogP contribution in [0.1, 0.15) is 5.56 Å². The number of halogens is 2. The van der Waals surface area contributed by atoms with E-state index in [4.69, 9.17) is 23.2 Å². The Morgan fingerprint density at radius 1 is 0.838 bits per heavy atom. The van der Waals surface area contributed by atoms with E-state index in [1.54, 1.807) is 29.3 Å². The number of anilines is 3. The molecule has 2 N–H and O–H groups in total. The Balaban J connectivity index is 1.17. The maximum atomic E-state index is 12.7. The summed E-state index contributed by atoms with van der Waals surface area (Å²) in [6.45, 7) is 3.31. The Labute approximate surface area is 226 Å². The van der Waals surface area contributed by atoms with Gasteiger partial charge in [0.2, 0.25) is 5.95 Å². The van der Waals surface area contributed by atoms with Gasteiger partial charge >= 0.3 is 6.03 Å². The van der Waals surface area contributed by atoms with Crippen LogP contribution >= 0.6 is 23.2 Å². The van der Waals surface area contributed by atoms with Crippen LogP contribution in [0, 0.1) is 0 Å². The molecule has 3 aromatic carbocycles. The third-order valence-corrected chi connectivity index (χ3v) is 6.87. The molecule has 0 saturated carbocycles. The molecule has 0 radical (unpaired) electrons. The zero-order valence-electron chi connectivity index (χ0n) is 20.1. The van der Waals surface area contributed by atoms with E-state index in [1.165, 1.54) is 5.56 Å². The highest BCUT2D eigenvalue weighted by Gasteiger charge is 2.22. The highest BCUT2D eigenvalue weighted by molar-refractivity contribution is 6.39. The number of hydrogen-bond donors (Lipinski definition) is 2. The Kier molecular flexibility index (Phi) is 7.73. The predicted octanol–water partition coefficient (Wildman–Crippen LogP) is 6.42. The topological polar surface area (TPSA) is 73.4 Å². The lowest BCUT2D eigenvalue weighted by Crippen LogP contribution is -2.50. The third kappa shape index (κ3) is 6.13. The zero-order valence-corrected chi connectivity index (χ0v) is 21.6. The number of urea groups is 1. The highest BCUT2D eigenvalue weighted by Crippen LogP contribution is 2.30. The van der Waals surface area contributed by atoms with Crippen molar-refractivity contribution in [2.45, 2.75) is 6.54 Å². The second-order valence-corrected chi connectivity index (χ2v) is 9.47. The van der Waals surface area contributed by atoms with Crippen LogP contribution in [0.5, 0.6) is 0 Å². The molecule has 188 valence electrons. The van der Waals surface area contributed by atoms with Crippen LogP contribution in [-0.2, 0) is 6.54 Å². The number of benzene rings is 3. The molecule has 1 aliphatic rings. The number of nitrogens with zero attached hydrogens (tertiary/aromatic N) is 4. The van der Waals surface area contributed by atoms with Gasteiger partial charge in [0, 0.05) is 50.2 Å². The summed E-state index contributed by atoms with van der Waals surface area (Å²) >= 11 is 12.4. The smallest absolute Gasteiger partial charge is 0.322 e. The van der Waals surface area contributed by atoms with Gasteiger partial charge in [-0.1, -0.05) is 71.7 Å². The number of para-hydroxylation sites is 1. The molecule has 9 heteroatoms. The Bertz CT molecular complexity index is 1340. The number of carbonyl (C=O) groups is 1. The van der Waals surface area contributed by atoms with Crippen LogP contribution < -0.4 is 15.5 Å². The van der Waals surface area contributed by atoms with Crippen molar-refractivity contribution < 1.29 is 4.79 Å². The SMILES string of the molecule is O=C(Nc1c(Cl)cccc1Cl)N1CCN(c2ccc(-c3ccnc(NCc4ccccc4)n3)cc2)CC1. The zero-order chi connectivity index (χ0) is 25.6. The molecule has 2 amide bonds. The largest absolute Gasteiger partial charge is 0.368 e. The van der Waals surface area contributed by atoms with Crippen molar-refractivity contribution >= 4 is 46.6 Å². The summed E-state index contributed by atoms with van der Waals surface area (Å²) in [7, 11) is 0. The van der Waals surface area contributed by atoms with Gasteiger partial charge < -0.3 is 20.4 Å². The molecule has 0 aliphatic carbocycles. The minimum absolute atomic E-state index is 0.203. The second-order valence-electron chi connectivity index (χ2n) is 8.65. The number of piperazine rings is 1. The lowest BCUT2D eigenvalue weighted by molar-refractivity contribution is 0.208. The molecular weight excluding hydrogens is 507 g/mol. The highest BCUT2D eigenvalue weighted by atomic mass is 35.5. The molecule has 1 aromatic heterocycles. The van der Waals surface area contributed by atoms with Crippen molar-refractivity contribution in [3.63, 3.8) is 0 Å². The normalized spacial score (nSPS) is 13.4.